The van der Waals surface area contributed by atoms with Gasteiger partial charge in [-0.15, -0.1) is 0 Å². The van der Waals surface area contributed by atoms with Crippen molar-refractivity contribution >= 4 is 27.7 Å². The number of carbonyl (C=O) groups is 1. The summed E-state index contributed by atoms with van der Waals surface area (Å²) in [7, 11) is 1.84. The van der Waals surface area contributed by atoms with Crippen LogP contribution in [0.15, 0.2) is 22.8 Å². The van der Waals surface area contributed by atoms with E-state index in [1.807, 2.05) is 37.9 Å². The van der Waals surface area contributed by atoms with E-state index in [9.17, 15) is 4.79 Å². The number of amides is 1. The average molecular weight is 286 g/mol. The van der Waals surface area contributed by atoms with Gasteiger partial charge >= 0.3 is 0 Å². The zero-order valence-corrected chi connectivity index (χ0v) is 11.3. The van der Waals surface area contributed by atoms with Gasteiger partial charge in [-0.2, -0.15) is 0 Å². The lowest BCUT2D eigenvalue weighted by atomic mass is 10.3. The minimum absolute atomic E-state index is 0.00458. The third kappa shape index (κ3) is 3.81. The lowest BCUT2D eigenvalue weighted by Crippen LogP contribution is -2.38. The van der Waals surface area contributed by atoms with Gasteiger partial charge in [0, 0.05) is 19.3 Å². The largest absolute Gasteiger partial charge is 0.352 e. The van der Waals surface area contributed by atoms with Gasteiger partial charge in [-0.3, -0.25) is 4.79 Å². The van der Waals surface area contributed by atoms with E-state index >= 15 is 0 Å². The smallest absolute Gasteiger partial charge is 0.239 e. The molecule has 1 heterocycles. The Hall–Kier alpha value is -1.10. The highest BCUT2D eigenvalue weighted by Gasteiger charge is 2.11. The van der Waals surface area contributed by atoms with E-state index in [1.165, 1.54) is 0 Å². The van der Waals surface area contributed by atoms with Crippen LogP contribution in [-0.4, -0.2) is 30.5 Å². The number of rotatable bonds is 4. The lowest BCUT2D eigenvalue weighted by Gasteiger charge is -2.19. The molecule has 0 saturated carbocycles. The minimum atomic E-state index is -0.00458. The first-order chi connectivity index (χ1) is 7.50. The molecular weight excluding hydrogens is 270 g/mol. The van der Waals surface area contributed by atoms with Gasteiger partial charge in [0.15, 0.2) is 0 Å². The molecule has 1 aromatic heterocycles. The van der Waals surface area contributed by atoms with Crippen LogP contribution in [0.1, 0.15) is 13.8 Å². The normalized spacial score (nSPS) is 10.3. The lowest BCUT2D eigenvalue weighted by molar-refractivity contribution is -0.120. The molecule has 0 spiro atoms. The Balaban J connectivity index is 2.62. The summed E-state index contributed by atoms with van der Waals surface area (Å²) in [4.78, 5) is 17.6. The molecule has 0 unspecified atom stereocenters. The van der Waals surface area contributed by atoms with Crippen LogP contribution in [0.2, 0.25) is 0 Å². The quantitative estimate of drug-likeness (QED) is 0.918. The number of nitrogens with zero attached hydrogens (tertiary/aromatic N) is 2. The molecule has 0 radical (unpaired) electrons. The van der Waals surface area contributed by atoms with Gasteiger partial charge in [-0.05, 0) is 41.9 Å². The second-order valence-electron chi connectivity index (χ2n) is 3.89. The van der Waals surface area contributed by atoms with Crippen molar-refractivity contribution in [3.63, 3.8) is 0 Å². The van der Waals surface area contributed by atoms with Crippen molar-refractivity contribution in [1.82, 2.24) is 10.3 Å². The molecule has 1 rings (SSSR count). The number of aromatic nitrogens is 1. The standard InChI is InChI=1S/C11H16BrN3O/c1-8(2)14-10(16)7-15(3)11-9(12)5-4-6-13-11/h4-6,8H,7H2,1-3H3,(H,14,16). The molecule has 0 bridgehead atoms. The number of anilines is 1. The Bertz CT molecular complexity index is 368. The van der Waals surface area contributed by atoms with E-state index in [0.717, 1.165) is 10.3 Å². The van der Waals surface area contributed by atoms with Crippen molar-refractivity contribution in [2.24, 2.45) is 0 Å². The number of carbonyl (C=O) groups excluding carboxylic acids is 1. The van der Waals surface area contributed by atoms with Gasteiger partial charge in [-0.25, -0.2) is 4.98 Å². The van der Waals surface area contributed by atoms with Crippen LogP contribution >= 0.6 is 15.9 Å². The molecule has 0 aliphatic carbocycles. The van der Waals surface area contributed by atoms with E-state index in [4.69, 9.17) is 0 Å². The molecule has 16 heavy (non-hydrogen) atoms. The molecule has 1 aromatic rings. The Morgan fingerprint density at radius 2 is 2.31 bits per heavy atom. The Morgan fingerprint density at radius 3 is 2.88 bits per heavy atom. The highest BCUT2D eigenvalue weighted by atomic mass is 79.9. The summed E-state index contributed by atoms with van der Waals surface area (Å²) in [5.41, 5.74) is 0. The second kappa shape index (κ2) is 5.84. The first-order valence-electron chi connectivity index (χ1n) is 5.11. The predicted octanol–water partition coefficient (Wildman–Crippen LogP) is 1.80. The second-order valence-corrected chi connectivity index (χ2v) is 4.74. The van der Waals surface area contributed by atoms with Crippen molar-refractivity contribution in [2.75, 3.05) is 18.5 Å². The molecular formula is C11H16BrN3O. The molecule has 0 atom stereocenters. The molecule has 0 saturated heterocycles. The molecule has 5 heteroatoms. The van der Waals surface area contributed by atoms with E-state index in [2.05, 4.69) is 26.2 Å². The van der Waals surface area contributed by atoms with E-state index in [0.29, 0.717) is 6.54 Å². The summed E-state index contributed by atoms with van der Waals surface area (Å²) in [6, 6.07) is 3.91. The zero-order chi connectivity index (χ0) is 12.1. The zero-order valence-electron chi connectivity index (χ0n) is 9.70. The molecule has 0 aliphatic heterocycles. The summed E-state index contributed by atoms with van der Waals surface area (Å²) in [6.07, 6.45) is 1.71. The van der Waals surface area contributed by atoms with Crippen LogP contribution < -0.4 is 10.2 Å². The van der Waals surface area contributed by atoms with Crippen LogP contribution in [0.3, 0.4) is 0 Å². The number of halogens is 1. The van der Waals surface area contributed by atoms with Crippen LogP contribution in [0.4, 0.5) is 5.82 Å². The number of hydrogen-bond acceptors (Lipinski definition) is 3. The maximum atomic E-state index is 11.6. The van der Waals surface area contributed by atoms with Crippen molar-refractivity contribution in [1.29, 1.82) is 0 Å². The first-order valence-corrected chi connectivity index (χ1v) is 5.91. The topological polar surface area (TPSA) is 45.2 Å². The third-order valence-electron chi connectivity index (χ3n) is 1.93. The highest BCUT2D eigenvalue weighted by Crippen LogP contribution is 2.21. The van der Waals surface area contributed by atoms with Crippen LogP contribution in [0, 0.1) is 0 Å². The summed E-state index contributed by atoms with van der Waals surface area (Å²) in [5.74, 6) is 0.761. The number of pyridine rings is 1. The Morgan fingerprint density at radius 1 is 1.62 bits per heavy atom. The number of likely N-dealkylation sites (N-methyl/N-ethyl adjacent to an activating group) is 1. The molecule has 0 fully saturated rings. The van der Waals surface area contributed by atoms with Gasteiger partial charge in [0.2, 0.25) is 5.91 Å². The third-order valence-corrected chi connectivity index (χ3v) is 2.55. The van der Waals surface area contributed by atoms with Crippen molar-refractivity contribution in [3.8, 4) is 0 Å². The molecule has 4 nitrogen and oxygen atoms in total. The van der Waals surface area contributed by atoms with E-state index < -0.39 is 0 Å². The summed E-state index contributed by atoms with van der Waals surface area (Å²) in [5, 5.41) is 2.84. The minimum Gasteiger partial charge on any atom is -0.352 e. The Kier molecular flexibility index (Phi) is 4.73. The van der Waals surface area contributed by atoms with Gasteiger partial charge in [-0.1, -0.05) is 0 Å². The van der Waals surface area contributed by atoms with E-state index in [1.54, 1.807) is 6.20 Å². The fourth-order valence-corrected chi connectivity index (χ4v) is 1.87. The van der Waals surface area contributed by atoms with Crippen molar-refractivity contribution in [2.45, 2.75) is 19.9 Å². The summed E-state index contributed by atoms with van der Waals surface area (Å²) < 4.78 is 0.884. The number of hydrogen-bond donors (Lipinski definition) is 1. The monoisotopic (exact) mass is 285 g/mol. The molecule has 0 aliphatic rings. The van der Waals surface area contributed by atoms with Crippen molar-refractivity contribution < 1.29 is 4.79 Å². The summed E-state index contributed by atoms with van der Waals surface area (Å²) in [6.45, 7) is 4.18. The molecule has 88 valence electrons. The van der Waals surface area contributed by atoms with Crippen molar-refractivity contribution in [3.05, 3.63) is 22.8 Å². The fraction of sp³-hybridized carbons (Fsp3) is 0.455. The highest BCUT2D eigenvalue weighted by molar-refractivity contribution is 9.10. The van der Waals surface area contributed by atoms with Gasteiger partial charge in [0.1, 0.15) is 5.82 Å². The van der Waals surface area contributed by atoms with E-state index in [-0.39, 0.29) is 11.9 Å². The van der Waals surface area contributed by atoms with Gasteiger partial charge < -0.3 is 10.2 Å². The van der Waals surface area contributed by atoms with Gasteiger partial charge in [0.05, 0.1) is 11.0 Å². The Labute approximate surface area is 104 Å². The summed E-state index contributed by atoms with van der Waals surface area (Å²) >= 11 is 3.40. The SMILES string of the molecule is CC(C)NC(=O)CN(C)c1ncccc1Br. The molecule has 1 amide bonds. The predicted molar refractivity (Wildman–Crippen MR) is 68.5 cm³/mol. The fourth-order valence-electron chi connectivity index (χ4n) is 1.32. The molecule has 1 N–H and O–H groups in total. The first kappa shape index (κ1) is 13.0. The maximum absolute atomic E-state index is 11.6. The number of nitrogens with one attached hydrogen (secondary N) is 1. The van der Waals surface area contributed by atoms with Crippen LogP contribution in [-0.2, 0) is 4.79 Å². The average Bonchev–Trinajstić information content (AvgIpc) is 2.16. The van der Waals surface area contributed by atoms with Gasteiger partial charge in [0.25, 0.3) is 0 Å². The molecule has 0 aromatic carbocycles. The van der Waals surface area contributed by atoms with Crippen LogP contribution in [0.5, 0.6) is 0 Å². The van der Waals surface area contributed by atoms with Crippen LogP contribution in [0.25, 0.3) is 0 Å². The maximum Gasteiger partial charge on any atom is 0.239 e.